The SMILES string of the molecule is C#CC1(CO)C(=O)NCC1O[Si](C)(C)C(C)(C)C. The van der Waals surface area contributed by atoms with Gasteiger partial charge in [0.05, 0.1) is 12.7 Å². The van der Waals surface area contributed by atoms with Crippen molar-refractivity contribution >= 4 is 14.2 Å². The van der Waals surface area contributed by atoms with Crippen LogP contribution in [-0.2, 0) is 9.22 Å². The van der Waals surface area contributed by atoms with Crippen molar-refractivity contribution in [3.8, 4) is 12.3 Å². The topological polar surface area (TPSA) is 58.6 Å². The van der Waals surface area contributed by atoms with Gasteiger partial charge in [-0.15, -0.1) is 6.42 Å². The molecule has 2 N–H and O–H groups in total. The number of rotatable bonds is 3. The third kappa shape index (κ3) is 2.33. The summed E-state index contributed by atoms with van der Waals surface area (Å²) in [6.45, 7) is 10.6. The lowest BCUT2D eigenvalue weighted by atomic mass is 9.86. The molecule has 0 saturated carbocycles. The number of hydrogen-bond acceptors (Lipinski definition) is 3. The molecule has 18 heavy (non-hydrogen) atoms. The van der Waals surface area contributed by atoms with Gasteiger partial charge < -0.3 is 14.8 Å². The highest BCUT2D eigenvalue weighted by molar-refractivity contribution is 6.74. The summed E-state index contributed by atoms with van der Waals surface area (Å²) < 4.78 is 6.18. The van der Waals surface area contributed by atoms with E-state index in [2.05, 4.69) is 45.1 Å². The van der Waals surface area contributed by atoms with Gasteiger partial charge in [0, 0.05) is 6.54 Å². The molecule has 0 aromatic rings. The molecule has 102 valence electrons. The van der Waals surface area contributed by atoms with Gasteiger partial charge in [0.2, 0.25) is 5.91 Å². The monoisotopic (exact) mass is 269 g/mol. The lowest BCUT2D eigenvalue weighted by Crippen LogP contribution is -2.50. The van der Waals surface area contributed by atoms with Crippen LogP contribution < -0.4 is 5.32 Å². The van der Waals surface area contributed by atoms with Gasteiger partial charge in [0.25, 0.3) is 0 Å². The summed E-state index contributed by atoms with van der Waals surface area (Å²) in [5, 5.41) is 12.2. The first-order valence-electron chi connectivity index (χ1n) is 6.15. The van der Waals surface area contributed by atoms with Crippen LogP contribution in [0, 0.1) is 17.8 Å². The standard InChI is InChI=1S/C13H23NO3Si/c1-7-13(9-15)10(8-14-11(13)16)17-18(5,6)12(2,3)4/h1,10,15H,8-9H2,2-6H3,(H,14,16). The predicted octanol–water partition coefficient (Wildman–Crippen LogP) is 1.12. The van der Waals surface area contributed by atoms with Crippen LogP contribution in [0.2, 0.25) is 18.1 Å². The van der Waals surface area contributed by atoms with Crippen molar-refractivity contribution in [3.63, 3.8) is 0 Å². The molecule has 1 aliphatic heterocycles. The summed E-state index contributed by atoms with van der Waals surface area (Å²) in [6, 6.07) is 0. The van der Waals surface area contributed by atoms with Crippen molar-refractivity contribution in [2.45, 2.75) is 45.0 Å². The maximum atomic E-state index is 11.8. The van der Waals surface area contributed by atoms with E-state index in [1.165, 1.54) is 0 Å². The Hall–Kier alpha value is -0.833. The van der Waals surface area contributed by atoms with Crippen molar-refractivity contribution in [1.82, 2.24) is 5.32 Å². The number of hydrogen-bond donors (Lipinski definition) is 2. The van der Waals surface area contributed by atoms with Gasteiger partial charge in [0.1, 0.15) is 0 Å². The fraction of sp³-hybridized carbons (Fsp3) is 0.769. The molecule has 1 aliphatic rings. The molecule has 1 amide bonds. The van der Waals surface area contributed by atoms with E-state index in [1.54, 1.807) is 0 Å². The first kappa shape index (κ1) is 15.2. The molecule has 1 heterocycles. The average Bonchev–Trinajstić information content (AvgIpc) is 2.54. The fourth-order valence-corrected chi connectivity index (χ4v) is 3.07. The third-order valence-electron chi connectivity index (χ3n) is 4.15. The average molecular weight is 269 g/mol. The predicted molar refractivity (Wildman–Crippen MR) is 73.4 cm³/mol. The molecule has 1 saturated heterocycles. The van der Waals surface area contributed by atoms with E-state index in [1.807, 2.05) is 0 Å². The summed E-state index contributed by atoms with van der Waals surface area (Å²) in [7, 11) is -2.02. The van der Waals surface area contributed by atoms with Crippen molar-refractivity contribution in [2.75, 3.05) is 13.2 Å². The summed E-state index contributed by atoms with van der Waals surface area (Å²) >= 11 is 0. The van der Waals surface area contributed by atoms with Crippen LogP contribution in [0.15, 0.2) is 0 Å². The zero-order valence-corrected chi connectivity index (χ0v) is 12.8. The van der Waals surface area contributed by atoms with E-state index in [-0.39, 0.29) is 17.6 Å². The Balaban J connectivity index is 2.99. The first-order valence-corrected chi connectivity index (χ1v) is 9.06. The number of carbonyl (C=O) groups is 1. The van der Waals surface area contributed by atoms with E-state index in [0.29, 0.717) is 6.54 Å². The Labute approximate surface area is 110 Å². The van der Waals surface area contributed by atoms with Gasteiger partial charge in [0.15, 0.2) is 13.7 Å². The van der Waals surface area contributed by atoms with E-state index < -0.39 is 19.8 Å². The van der Waals surface area contributed by atoms with Crippen LogP contribution in [-0.4, -0.2) is 38.6 Å². The van der Waals surface area contributed by atoms with Gasteiger partial charge in [-0.25, -0.2) is 0 Å². The molecule has 0 aromatic carbocycles. The Kier molecular flexibility index (Phi) is 3.96. The molecule has 0 radical (unpaired) electrons. The molecule has 0 bridgehead atoms. The molecule has 2 atom stereocenters. The third-order valence-corrected chi connectivity index (χ3v) is 8.64. The van der Waals surface area contributed by atoms with Crippen molar-refractivity contribution in [2.24, 2.45) is 5.41 Å². The number of carbonyl (C=O) groups excluding carboxylic acids is 1. The van der Waals surface area contributed by atoms with Crippen LogP contribution in [0.25, 0.3) is 0 Å². The number of aliphatic hydroxyl groups is 1. The van der Waals surface area contributed by atoms with Crippen LogP contribution in [0.3, 0.4) is 0 Å². The Morgan fingerprint density at radius 3 is 2.56 bits per heavy atom. The highest BCUT2D eigenvalue weighted by Gasteiger charge is 2.53. The molecule has 1 rings (SSSR count). The Morgan fingerprint density at radius 1 is 1.61 bits per heavy atom. The van der Waals surface area contributed by atoms with Crippen LogP contribution in [0.4, 0.5) is 0 Å². The minimum absolute atomic E-state index is 0.0361. The number of nitrogens with one attached hydrogen (secondary N) is 1. The highest BCUT2D eigenvalue weighted by atomic mass is 28.4. The Bertz CT molecular complexity index is 381. The van der Waals surface area contributed by atoms with Gasteiger partial charge in [-0.2, -0.15) is 0 Å². The maximum absolute atomic E-state index is 11.8. The second-order valence-corrected chi connectivity index (χ2v) is 11.1. The largest absolute Gasteiger partial charge is 0.410 e. The molecule has 5 heteroatoms. The first-order chi connectivity index (χ1) is 8.10. The van der Waals surface area contributed by atoms with Crippen LogP contribution in [0.5, 0.6) is 0 Å². The number of terminal acetylenes is 1. The van der Waals surface area contributed by atoms with Crippen molar-refractivity contribution in [1.29, 1.82) is 0 Å². The zero-order valence-electron chi connectivity index (χ0n) is 11.8. The van der Waals surface area contributed by atoms with Crippen molar-refractivity contribution in [3.05, 3.63) is 0 Å². The lowest BCUT2D eigenvalue weighted by molar-refractivity contribution is -0.128. The molecule has 4 nitrogen and oxygen atoms in total. The highest BCUT2D eigenvalue weighted by Crippen LogP contribution is 2.40. The molecular formula is C13H23NO3Si. The normalized spacial score (nSPS) is 28.9. The summed E-state index contributed by atoms with van der Waals surface area (Å²) in [6.07, 6.45) is 5.01. The molecular weight excluding hydrogens is 246 g/mol. The molecule has 2 unspecified atom stereocenters. The Morgan fingerprint density at radius 2 is 2.17 bits per heavy atom. The minimum atomic E-state index is -2.02. The lowest BCUT2D eigenvalue weighted by Gasteiger charge is -2.40. The van der Waals surface area contributed by atoms with E-state index in [9.17, 15) is 9.90 Å². The smallest absolute Gasteiger partial charge is 0.243 e. The molecule has 0 aliphatic carbocycles. The molecule has 0 spiro atoms. The minimum Gasteiger partial charge on any atom is -0.410 e. The van der Waals surface area contributed by atoms with Gasteiger partial charge in [-0.05, 0) is 18.1 Å². The van der Waals surface area contributed by atoms with Crippen molar-refractivity contribution < 1.29 is 14.3 Å². The van der Waals surface area contributed by atoms with E-state index in [0.717, 1.165) is 0 Å². The second kappa shape index (κ2) is 4.69. The molecule has 1 fully saturated rings. The second-order valence-electron chi connectivity index (χ2n) is 6.35. The van der Waals surface area contributed by atoms with E-state index in [4.69, 9.17) is 10.8 Å². The van der Waals surface area contributed by atoms with Gasteiger partial charge >= 0.3 is 0 Å². The van der Waals surface area contributed by atoms with E-state index >= 15 is 0 Å². The fourth-order valence-electron chi connectivity index (χ4n) is 1.72. The zero-order chi connectivity index (χ0) is 14.2. The molecule has 0 aromatic heterocycles. The summed E-state index contributed by atoms with van der Waals surface area (Å²) in [5.41, 5.74) is -1.23. The van der Waals surface area contributed by atoms with Crippen LogP contribution >= 0.6 is 0 Å². The quantitative estimate of drug-likeness (QED) is 0.596. The number of amides is 1. The maximum Gasteiger partial charge on any atom is 0.243 e. The van der Waals surface area contributed by atoms with Crippen LogP contribution in [0.1, 0.15) is 20.8 Å². The summed E-state index contributed by atoms with van der Waals surface area (Å²) in [5.74, 6) is 2.13. The van der Waals surface area contributed by atoms with Gasteiger partial charge in [-0.1, -0.05) is 26.7 Å². The summed E-state index contributed by atoms with van der Waals surface area (Å²) in [4.78, 5) is 11.8. The van der Waals surface area contributed by atoms with Gasteiger partial charge in [-0.3, -0.25) is 4.79 Å². The number of aliphatic hydroxyl groups excluding tert-OH is 1.